The minimum atomic E-state index is -0.0602. The summed E-state index contributed by atoms with van der Waals surface area (Å²) in [5.41, 5.74) is 0.387. The van der Waals surface area contributed by atoms with Crippen LogP contribution < -0.4 is 10.6 Å². The quantitative estimate of drug-likeness (QED) is 0.302. The number of hydrogen-bond acceptors (Lipinski definition) is 4. The topological polar surface area (TPSA) is 51.1 Å². The van der Waals surface area contributed by atoms with Gasteiger partial charge in [0.1, 0.15) is 6.29 Å². The Kier molecular flexibility index (Phi) is 6.30. The second-order valence-corrected chi connectivity index (χ2v) is 5.24. The Balaban J connectivity index is 3.68. The Labute approximate surface area is 93.6 Å². The Morgan fingerprint density at radius 1 is 1.33 bits per heavy atom. The SMILES string of the molecule is CN(C)C(NC#N)NCCCC(C)(C)C. The summed E-state index contributed by atoms with van der Waals surface area (Å²) in [6.45, 7) is 7.65. The molecule has 0 rings (SSSR count). The van der Waals surface area contributed by atoms with Crippen molar-refractivity contribution in [3.05, 3.63) is 0 Å². The van der Waals surface area contributed by atoms with Crippen LogP contribution in [0.3, 0.4) is 0 Å². The molecule has 0 fully saturated rings. The second-order valence-electron chi connectivity index (χ2n) is 5.24. The summed E-state index contributed by atoms with van der Waals surface area (Å²) in [5.74, 6) is 0. The summed E-state index contributed by atoms with van der Waals surface area (Å²) in [4.78, 5) is 1.94. The average molecular weight is 212 g/mol. The van der Waals surface area contributed by atoms with Crippen molar-refractivity contribution < 1.29 is 0 Å². The summed E-state index contributed by atoms with van der Waals surface area (Å²) >= 11 is 0. The fourth-order valence-electron chi connectivity index (χ4n) is 1.28. The zero-order valence-electron chi connectivity index (χ0n) is 10.6. The molecule has 0 aliphatic heterocycles. The van der Waals surface area contributed by atoms with Crippen LogP contribution in [0.2, 0.25) is 0 Å². The van der Waals surface area contributed by atoms with Gasteiger partial charge in [-0.15, -0.1) is 0 Å². The maximum absolute atomic E-state index is 8.54. The van der Waals surface area contributed by atoms with E-state index in [0.29, 0.717) is 5.41 Å². The highest BCUT2D eigenvalue weighted by atomic mass is 15.3. The van der Waals surface area contributed by atoms with E-state index in [1.165, 1.54) is 6.42 Å². The van der Waals surface area contributed by atoms with Crippen molar-refractivity contribution in [3.63, 3.8) is 0 Å². The van der Waals surface area contributed by atoms with Gasteiger partial charge >= 0.3 is 0 Å². The summed E-state index contributed by atoms with van der Waals surface area (Å²) in [6.07, 6.45) is 4.21. The standard InChI is InChI=1S/C11H24N4/c1-11(2,3)7-6-8-13-10(14-9-12)15(4)5/h10,13-14H,6-8H2,1-5H3. The van der Waals surface area contributed by atoms with Gasteiger partial charge in [-0.1, -0.05) is 20.8 Å². The van der Waals surface area contributed by atoms with Crippen LogP contribution in [-0.2, 0) is 0 Å². The van der Waals surface area contributed by atoms with Crippen molar-refractivity contribution in [1.82, 2.24) is 15.5 Å². The van der Waals surface area contributed by atoms with Crippen molar-refractivity contribution in [2.75, 3.05) is 20.6 Å². The van der Waals surface area contributed by atoms with Gasteiger partial charge in [0.25, 0.3) is 0 Å². The van der Waals surface area contributed by atoms with Gasteiger partial charge in [0.05, 0.1) is 0 Å². The molecule has 0 heterocycles. The van der Waals surface area contributed by atoms with E-state index in [1.807, 2.05) is 25.2 Å². The van der Waals surface area contributed by atoms with Crippen molar-refractivity contribution >= 4 is 0 Å². The molecular weight excluding hydrogens is 188 g/mol. The van der Waals surface area contributed by atoms with E-state index in [1.54, 1.807) is 0 Å². The number of nitriles is 1. The Morgan fingerprint density at radius 3 is 2.33 bits per heavy atom. The third-order valence-electron chi connectivity index (χ3n) is 2.16. The average Bonchev–Trinajstić information content (AvgIpc) is 2.08. The Morgan fingerprint density at radius 2 is 1.93 bits per heavy atom. The van der Waals surface area contributed by atoms with E-state index >= 15 is 0 Å². The van der Waals surface area contributed by atoms with Gasteiger partial charge in [0.15, 0.2) is 6.19 Å². The van der Waals surface area contributed by atoms with E-state index in [0.717, 1.165) is 13.0 Å². The maximum atomic E-state index is 8.54. The molecule has 15 heavy (non-hydrogen) atoms. The monoisotopic (exact) mass is 212 g/mol. The minimum absolute atomic E-state index is 0.0602. The molecule has 0 bridgehead atoms. The molecule has 0 spiro atoms. The van der Waals surface area contributed by atoms with Crippen molar-refractivity contribution in [3.8, 4) is 6.19 Å². The first kappa shape index (κ1) is 14.2. The molecule has 1 atom stereocenters. The van der Waals surface area contributed by atoms with Crippen LogP contribution in [0.1, 0.15) is 33.6 Å². The molecule has 0 saturated heterocycles. The molecule has 0 aliphatic rings. The minimum Gasteiger partial charge on any atom is -0.294 e. The lowest BCUT2D eigenvalue weighted by Crippen LogP contribution is -2.50. The smallest absolute Gasteiger partial charge is 0.178 e. The first-order chi connectivity index (χ1) is 6.87. The van der Waals surface area contributed by atoms with Gasteiger partial charge in [-0.2, -0.15) is 5.26 Å². The molecule has 1 unspecified atom stereocenters. The Hall–Kier alpha value is -0.790. The zero-order valence-corrected chi connectivity index (χ0v) is 10.6. The van der Waals surface area contributed by atoms with Gasteiger partial charge in [-0.25, -0.2) is 0 Å². The molecular formula is C11H24N4. The first-order valence-electron chi connectivity index (χ1n) is 5.41. The lowest BCUT2D eigenvalue weighted by atomic mass is 9.91. The van der Waals surface area contributed by atoms with Crippen LogP contribution in [0.25, 0.3) is 0 Å². The number of nitrogens with one attached hydrogen (secondary N) is 2. The lowest BCUT2D eigenvalue weighted by molar-refractivity contribution is 0.220. The normalized spacial score (nSPS) is 13.7. The fraction of sp³-hybridized carbons (Fsp3) is 0.909. The van der Waals surface area contributed by atoms with Crippen LogP contribution in [-0.4, -0.2) is 31.8 Å². The molecule has 0 aromatic heterocycles. The zero-order chi connectivity index (χ0) is 11.9. The van der Waals surface area contributed by atoms with Gasteiger partial charge in [-0.05, 0) is 38.9 Å². The van der Waals surface area contributed by atoms with E-state index in [4.69, 9.17) is 5.26 Å². The van der Waals surface area contributed by atoms with Gasteiger partial charge in [0.2, 0.25) is 0 Å². The third kappa shape index (κ3) is 8.22. The highest BCUT2D eigenvalue weighted by Crippen LogP contribution is 2.19. The highest BCUT2D eigenvalue weighted by molar-refractivity contribution is 4.72. The number of nitrogens with zero attached hydrogens (tertiary/aromatic N) is 2. The molecule has 88 valence electrons. The summed E-state index contributed by atoms with van der Waals surface area (Å²) in [7, 11) is 3.87. The van der Waals surface area contributed by atoms with Crippen LogP contribution >= 0.6 is 0 Å². The lowest BCUT2D eigenvalue weighted by Gasteiger charge is -2.25. The van der Waals surface area contributed by atoms with Gasteiger partial charge in [0, 0.05) is 0 Å². The van der Waals surface area contributed by atoms with Crippen LogP contribution in [0, 0.1) is 16.9 Å². The number of rotatable bonds is 6. The van der Waals surface area contributed by atoms with Gasteiger partial charge < -0.3 is 0 Å². The predicted molar refractivity (Wildman–Crippen MR) is 62.9 cm³/mol. The summed E-state index contributed by atoms with van der Waals surface area (Å²) < 4.78 is 0. The van der Waals surface area contributed by atoms with Crippen LogP contribution in [0.5, 0.6) is 0 Å². The van der Waals surface area contributed by atoms with E-state index < -0.39 is 0 Å². The van der Waals surface area contributed by atoms with Crippen LogP contribution in [0.4, 0.5) is 0 Å². The Bertz CT molecular complexity index is 200. The fourth-order valence-corrected chi connectivity index (χ4v) is 1.28. The molecule has 4 heteroatoms. The van der Waals surface area contributed by atoms with Crippen molar-refractivity contribution in [2.24, 2.45) is 5.41 Å². The molecule has 4 nitrogen and oxygen atoms in total. The highest BCUT2D eigenvalue weighted by Gasteiger charge is 2.11. The predicted octanol–water partition coefficient (Wildman–Crippen LogP) is 1.32. The van der Waals surface area contributed by atoms with Gasteiger partial charge in [-0.3, -0.25) is 15.5 Å². The van der Waals surface area contributed by atoms with E-state index in [-0.39, 0.29) is 6.29 Å². The molecule has 0 amide bonds. The number of hydrogen-bond donors (Lipinski definition) is 2. The first-order valence-corrected chi connectivity index (χ1v) is 5.41. The summed E-state index contributed by atoms with van der Waals surface area (Å²) in [5, 5.41) is 14.5. The summed E-state index contributed by atoms with van der Waals surface area (Å²) in [6, 6.07) is 0. The molecule has 0 aliphatic carbocycles. The molecule has 0 saturated carbocycles. The van der Waals surface area contributed by atoms with E-state index in [2.05, 4.69) is 31.4 Å². The second kappa shape index (κ2) is 6.65. The molecule has 2 N–H and O–H groups in total. The molecule has 0 aromatic rings. The molecule has 0 aromatic carbocycles. The van der Waals surface area contributed by atoms with Crippen molar-refractivity contribution in [1.29, 1.82) is 5.26 Å². The third-order valence-corrected chi connectivity index (χ3v) is 2.16. The van der Waals surface area contributed by atoms with Crippen molar-refractivity contribution in [2.45, 2.75) is 39.9 Å². The van der Waals surface area contributed by atoms with E-state index in [9.17, 15) is 0 Å². The largest absolute Gasteiger partial charge is 0.294 e. The molecule has 0 radical (unpaired) electrons. The van der Waals surface area contributed by atoms with Crippen LogP contribution in [0.15, 0.2) is 0 Å². The maximum Gasteiger partial charge on any atom is 0.178 e.